The largest absolute Gasteiger partial charge is 0.345 e. The Kier molecular flexibility index (Phi) is 3.36. The molecule has 108 valence electrons. The summed E-state index contributed by atoms with van der Waals surface area (Å²) in [4.78, 5) is 14.1. The van der Waals surface area contributed by atoms with E-state index in [1.807, 2.05) is 18.9 Å². The molecule has 0 saturated heterocycles. The quantitative estimate of drug-likeness (QED) is 0.847. The first kappa shape index (κ1) is 13.4. The van der Waals surface area contributed by atoms with Gasteiger partial charge in [-0.3, -0.25) is 4.79 Å². The molecule has 0 heterocycles. The summed E-state index contributed by atoms with van der Waals surface area (Å²) in [6.45, 7) is 2.89. The van der Waals surface area contributed by atoms with Crippen molar-refractivity contribution in [1.82, 2.24) is 4.90 Å². The number of rotatable bonds is 4. The number of carbonyl (C=O) groups excluding carboxylic acids is 1. The minimum absolute atomic E-state index is 0.0219. The minimum atomic E-state index is -0.0219. The van der Waals surface area contributed by atoms with E-state index in [1.165, 1.54) is 38.5 Å². The Morgan fingerprint density at radius 3 is 2.11 bits per heavy atom. The molecule has 3 nitrogen and oxygen atoms in total. The Morgan fingerprint density at radius 1 is 1.21 bits per heavy atom. The van der Waals surface area contributed by atoms with Crippen LogP contribution >= 0.6 is 0 Å². The van der Waals surface area contributed by atoms with E-state index < -0.39 is 0 Å². The summed E-state index contributed by atoms with van der Waals surface area (Å²) in [5, 5.41) is 0. The van der Waals surface area contributed by atoms with E-state index in [0.717, 1.165) is 24.3 Å². The van der Waals surface area contributed by atoms with Crippen LogP contribution < -0.4 is 5.73 Å². The zero-order chi connectivity index (χ0) is 13.6. The lowest BCUT2D eigenvalue weighted by Crippen LogP contribution is -2.51. The maximum absolute atomic E-state index is 12.1. The number of carbonyl (C=O) groups is 1. The van der Waals surface area contributed by atoms with Gasteiger partial charge < -0.3 is 10.6 Å². The molecule has 0 aliphatic heterocycles. The summed E-state index contributed by atoms with van der Waals surface area (Å²) in [7, 11) is 1.98. The van der Waals surface area contributed by atoms with Crippen LogP contribution in [0.25, 0.3) is 0 Å². The zero-order valence-electron chi connectivity index (χ0n) is 12.4. The Hall–Kier alpha value is -0.570. The van der Waals surface area contributed by atoms with Gasteiger partial charge in [0.05, 0.1) is 0 Å². The number of amides is 1. The first-order valence-corrected chi connectivity index (χ1v) is 7.95. The van der Waals surface area contributed by atoms with Crippen LogP contribution in [0.4, 0.5) is 0 Å². The third-order valence-corrected chi connectivity index (χ3v) is 5.66. The average molecular weight is 264 g/mol. The molecule has 4 fully saturated rings. The van der Waals surface area contributed by atoms with Crippen molar-refractivity contribution >= 4 is 5.91 Å². The molecule has 0 spiro atoms. The van der Waals surface area contributed by atoms with Gasteiger partial charge in [0, 0.05) is 26.1 Å². The molecule has 0 aromatic carbocycles. The first-order chi connectivity index (χ1) is 8.96. The Labute approximate surface area is 116 Å². The van der Waals surface area contributed by atoms with Crippen LogP contribution in [0.3, 0.4) is 0 Å². The molecular weight excluding hydrogens is 236 g/mol. The maximum atomic E-state index is 12.1. The smallest absolute Gasteiger partial charge is 0.223 e. The predicted molar refractivity (Wildman–Crippen MR) is 76.5 cm³/mol. The molecule has 1 atom stereocenters. The van der Waals surface area contributed by atoms with Gasteiger partial charge in [-0.25, -0.2) is 0 Å². The van der Waals surface area contributed by atoms with Crippen LogP contribution in [-0.4, -0.2) is 30.4 Å². The van der Waals surface area contributed by atoms with Gasteiger partial charge in [-0.15, -0.1) is 0 Å². The van der Waals surface area contributed by atoms with E-state index in [9.17, 15) is 4.79 Å². The molecule has 4 bridgehead atoms. The summed E-state index contributed by atoms with van der Waals surface area (Å²) in [6, 6.07) is -0.0219. The zero-order valence-corrected chi connectivity index (χ0v) is 12.4. The van der Waals surface area contributed by atoms with Gasteiger partial charge in [0.1, 0.15) is 0 Å². The normalized spacial score (nSPS) is 41.3. The van der Waals surface area contributed by atoms with Gasteiger partial charge in [0.15, 0.2) is 0 Å². The molecule has 0 aromatic rings. The predicted octanol–water partition coefficient (Wildman–Crippen LogP) is 2.40. The summed E-state index contributed by atoms with van der Waals surface area (Å²) in [5.41, 5.74) is 6.20. The Morgan fingerprint density at radius 2 is 1.68 bits per heavy atom. The molecule has 0 aromatic heterocycles. The molecule has 4 saturated carbocycles. The highest BCUT2D eigenvalue weighted by Crippen LogP contribution is 2.60. The fourth-order valence-corrected chi connectivity index (χ4v) is 5.51. The molecule has 4 aliphatic rings. The fourth-order valence-electron chi connectivity index (χ4n) is 5.51. The van der Waals surface area contributed by atoms with Crippen LogP contribution in [-0.2, 0) is 4.79 Å². The third kappa shape index (κ3) is 2.67. The van der Waals surface area contributed by atoms with E-state index in [-0.39, 0.29) is 11.9 Å². The van der Waals surface area contributed by atoms with Crippen molar-refractivity contribution in [2.75, 3.05) is 13.6 Å². The molecular formula is C16H28N2O. The lowest BCUT2D eigenvalue weighted by molar-refractivity contribution is -0.135. The van der Waals surface area contributed by atoms with E-state index in [0.29, 0.717) is 11.8 Å². The molecule has 1 unspecified atom stereocenters. The van der Waals surface area contributed by atoms with Crippen LogP contribution in [0.15, 0.2) is 0 Å². The molecule has 4 rings (SSSR count). The SMILES string of the molecule is CC(N)CC(=O)N(C)CC12CC3CC(CC(C3)C1)C2. The summed E-state index contributed by atoms with van der Waals surface area (Å²) >= 11 is 0. The van der Waals surface area contributed by atoms with Crippen LogP contribution in [0.1, 0.15) is 51.9 Å². The second kappa shape index (κ2) is 4.76. The van der Waals surface area contributed by atoms with Gasteiger partial charge in [-0.05, 0) is 68.6 Å². The highest BCUT2D eigenvalue weighted by atomic mass is 16.2. The van der Waals surface area contributed by atoms with E-state index in [2.05, 4.69) is 0 Å². The van der Waals surface area contributed by atoms with Gasteiger partial charge in [-0.2, -0.15) is 0 Å². The fraction of sp³-hybridized carbons (Fsp3) is 0.938. The average Bonchev–Trinajstić information content (AvgIpc) is 2.24. The summed E-state index contributed by atoms with van der Waals surface area (Å²) in [5.74, 6) is 3.11. The number of nitrogens with two attached hydrogens (primary N) is 1. The highest BCUT2D eigenvalue weighted by molar-refractivity contribution is 5.76. The van der Waals surface area contributed by atoms with Crippen molar-refractivity contribution in [2.24, 2.45) is 28.9 Å². The second-order valence-corrected chi connectivity index (χ2v) is 7.85. The van der Waals surface area contributed by atoms with Gasteiger partial charge in [0.2, 0.25) is 5.91 Å². The highest BCUT2D eigenvalue weighted by Gasteiger charge is 2.51. The molecule has 0 radical (unpaired) electrons. The van der Waals surface area contributed by atoms with E-state index in [1.54, 1.807) is 0 Å². The van der Waals surface area contributed by atoms with Gasteiger partial charge in [0.25, 0.3) is 0 Å². The lowest BCUT2D eigenvalue weighted by Gasteiger charge is -2.57. The number of hydrogen-bond acceptors (Lipinski definition) is 2. The van der Waals surface area contributed by atoms with Gasteiger partial charge >= 0.3 is 0 Å². The van der Waals surface area contributed by atoms with Crippen molar-refractivity contribution in [1.29, 1.82) is 0 Å². The summed E-state index contributed by atoms with van der Waals surface area (Å²) in [6.07, 6.45) is 9.01. The van der Waals surface area contributed by atoms with E-state index in [4.69, 9.17) is 5.73 Å². The second-order valence-electron chi connectivity index (χ2n) is 7.85. The minimum Gasteiger partial charge on any atom is -0.345 e. The van der Waals surface area contributed by atoms with Crippen LogP contribution in [0, 0.1) is 23.2 Å². The number of nitrogens with zero attached hydrogens (tertiary/aromatic N) is 1. The van der Waals surface area contributed by atoms with Crippen LogP contribution in [0.5, 0.6) is 0 Å². The molecule has 19 heavy (non-hydrogen) atoms. The van der Waals surface area contributed by atoms with Crippen LogP contribution in [0.2, 0.25) is 0 Å². The maximum Gasteiger partial charge on any atom is 0.223 e. The Balaban J connectivity index is 1.64. The first-order valence-electron chi connectivity index (χ1n) is 7.95. The number of hydrogen-bond donors (Lipinski definition) is 1. The van der Waals surface area contributed by atoms with Crippen molar-refractivity contribution in [3.05, 3.63) is 0 Å². The van der Waals surface area contributed by atoms with Crippen molar-refractivity contribution in [2.45, 2.75) is 57.9 Å². The van der Waals surface area contributed by atoms with Gasteiger partial charge in [-0.1, -0.05) is 0 Å². The molecule has 1 amide bonds. The molecule has 2 N–H and O–H groups in total. The molecule has 4 aliphatic carbocycles. The van der Waals surface area contributed by atoms with Crippen molar-refractivity contribution < 1.29 is 4.79 Å². The molecule has 3 heteroatoms. The summed E-state index contributed by atoms with van der Waals surface area (Å²) < 4.78 is 0. The lowest BCUT2D eigenvalue weighted by atomic mass is 9.49. The third-order valence-electron chi connectivity index (χ3n) is 5.66. The monoisotopic (exact) mass is 264 g/mol. The topological polar surface area (TPSA) is 46.3 Å². The standard InChI is InChI=1S/C16H28N2O/c1-11(17)3-15(19)18(2)10-16-7-12-4-13(8-16)6-14(5-12)9-16/h11-14H,3-10,17H2,1-2H3. The van der Waals surface area contributed by atoms with Crippen molar-refractivity contribution in [3.8, 4) is 0 Å². The van der Waals surface area contributed by atoms with Crippen molar-refractivity contribution in [3.63, 3.8) is 0 Å². The Bertz CT molecular complexity index is 328. The van der Waals surface area contributed by atoms with E-state index >= 15 is 0 Å².